The van der Waals surface area contributed by atoms with Crippen molar-refractivity contribution < 1.29 is 14.7 Å². The Morgan fingerprint density at radius 3 is 2.63 bits per heavy atom. The first-order valence-corrected chi connectivity index (χ1v) is 6.37. The van der Waals surface area contributed by atoms with E-state index < -0.39 is 5.97 Å². The Balaban J connectivity index is 1.98. The zero-order chi connectivity index (χ0) is 13.8. The highest BCUT2D eigenvalue weighted by Crippen LogP contribution is 2.14. The number of rotatable bonds is 4. The molecule has 1 aliphatic rings. The van der Waals surface area contributed by atoms with Gasteiger partial charge in [-0.25, -0.2) is 4.79 Å². The summed E-state index contributed by atoms with van der Waals surface area (Å²) in [6.07, 6.45) is 1.07. The molecule has 5 heteroatoms. The van der Waals surface area contributed by atoms with Gasteiger partial charge in [-0.3, -0.25) is 4.79 Å². The third kappa shape index (κ3) is 3.32. The summed E-state index contributed by atoms with van der Waals surface area (Å²) in [5.74, 6) is -0.940. The largest absolute Gasteiger partial charge is 0.478 e. The predicted molar refractivity (Wildman–Crippen MR) is 71.3 cm³/mol. The molecular formula is C14H18N2O3. The van der Waals surface area contributed by atoms with Gasteiger partial charge in [0.2, 0.25) is 0 Å². The molecule has 1 saturated heterocycles. The molecule has 0 aliphatic carbocycles. The van der Waals surface area contributed by atoms with E-state index in [0.717, 1.165) is 19.5 Å². The molecule has 0 aromatic heterocycles. The van der Waals surface area contributed by atoms with Crippen molar-refractivity contribution in [2.24, 2.45) is 5.92 Å². The summed E-state index contributed by atoms with van der Waals surface area (Å²) in [6.45, 7) is 2.62. The molecule has 0 bridgehead atoms. The molecule has 1 aliphatic heterocycles. The van der Waals surface area contributed by atoms with Crippen molar-refractivity contribution in [1.82, 2.24) is 10.2 Å². The number of carboxylic acids is 1. The molecular weight excluding hydrogens is 244 g/mol. The second-order valence-electron chi connectivity index (χ2n) is 4.98. The Labute approximate surface area is 112 Å². The zero-order valence-corrected chi connectivity index (χ0v) is 10.9. The van der Waals surface area contributed by atoms with Crippen LogP contribution in [0.1, 0.15) is 27.1 Å². The van der Waals surface area contributed by atoms with Gasteiger partial charge in [0.15, 0.2) is 0 Å². The maximum Gasteiger partial charge on any atom is 0.336 e. The lowest BCUT2D eigenvalue weighted by atomic mass is 10.1. The number of amides is 1. The fourth-order valence-corrected chi connectivity index (χ4v) is 2.39. The van der Waals surface area contributed by atoms with E-state index >= 15 is 0 Å². The van der Waals surface area contributed by atoms with Gasteiger partial charge in [-0.15, -0.1) is 0 Å². The van der Waals surface area contributed by atoms with Gasteiger partial charge in [0.05, 0.1) is 11.1 Å². The minimum absolute atomic E-state index is 0.0449. The van der Waals surface area contributed by atoms with E-state index in [1.54, 1.807) is 18.2 Å². The lowest BCUT2D eigenvalue weighted by molar-refractivity contribution is 0.0691. The number of carbonyl (C=O) groups excluding carboxylic acids is 1. The van der Waals surface area contributed by atoms with E-state index in [0.29, 0.717) is 12.5 Å². The van der Waals surface area contributed by atoms with Crippen LogP contribution in [0.4, 0.5) is 0 Å². The summed E-state index contributed by atoms with van der Waals surface area (Å²) in [5.41, 5.74) is 0.268. The van der Waals surface area contributed by atoms with Gasteiger partial charge in [-0.05, 0) is 38.1 Å². The van der Waals surface area contributed by atoms with Crippen LogP contribution in [0.15, 0.2) is 24.3 Å². The van der Waals surface area contributed by atoms with Crippen molar-refractivity contribution in [2.45, 2.75) is 6.42 Å². The molecule has 0 spiro atoms. The summed E-state index contributed by atoms with van der Waals surface area (Å²) in [4.78, 5) is 25.3. The van der Waals surface area contributed by atoms with Crippen LogP contribution in [0.25, 0.3) is 0 Å². The van der Waals surface area contributed by atoms with Gasteiger partial charge < -0.3 is 15.3 Å². The van der Waals surface area contributed by atoms with Gasteiger partial charge >= 0.3 is 5.97 Å². The predicted octanol–water partition coefficient (Wildman–Crippen LogP) is 1.07. The third-order valence-electron chi connectivity index (χ3n) is 3.44. The highest BCUT2D eigenvalue weighted by atomic mass is 16.4. The number of aromatic carboxylic acids is 1. The number of hydrogen-bond acceptors (Lipinski definition) is 3. The summed E-state index contributed by atoms with van der Waals surface area (Å²) in [6, 6.07) is 6.27. The Kier molecular flexibility index (Phi) is 4.16. The number of likely N-dealkylation sites (tertiary alicyclic amines) is 1. The molecule has 2 N–H and O–H groups in total. The molecule has 1 unspecified atom stereocenters. The summed E-state index contributed by atoms with van der Waals surface area (Å²) >= 11 is 0. The molecule has 0 saturated carbocycles. The highest BCUT2D eigenvalue weighted by Gasteiger charge is 2.21. The van der Waals surface area contributed by atoms with Crippen LogP contribution in [0.2, 0.25) is 0 Å². The first-order valence-electron chi connectivity index (χ1n) is 6.37. The van der Waals surface area contributed by atoms with Crippen LogP contribution < -0.4 is 5.32 Å². The zero-order valence-electron chi connectivity index (χ0n) is 10.9. The molecule has 1 heterocycles. The molecule has 2 rings (SSSR count). The van der Waals surface area contributed by atoms with E-state index in [1.165, 1.54) is 6.07 Å². The van der Waals surface area contributed by atoms with Crippen LogP contribution in [-0.4, -0.2) is 48.6 Å². The van der Waals surface area contributed by atoms with E-state index in [4.69, 9.17) is 5.11 Å². The Hall–Kier alpha value is -1.88. The first kappa shape index (κ1) is 13.5. The number of hydrogen-bond donors (Lipinski definition) is 2. The van der Waals surface area contributed by atoms with Crippen LogP contribution in [0.3, 0.4) is 0 Å². The maximum atomic E-state index is 12.0. The number of nitrogens with zero attached hydrogens (tertiary/aromatic N) is 1. The lowest BCUT2D eigenvalue weighted by Gasteiger charge is -2.12. The third-order valence-corrected chi connectivity index (χ3v) is 3.44. The second kappa shape index (κ2) is 5.84. The molecule has 5 nitrogen and oxygen atoms in total. The number of nitrogens with one attached hydrogen (secondary N) is 1. The van der Waals surface area contributed by atoms with Crippen molar-refractivity contribution in [1.29, 1.82) is 0 Å². The Bertz CT molecular complexity index is 487. The fourth-order valence-electron chi connectivity index (χ4n) is 2.39. The molecule has 0 radical (unpaired) electrons. The summed E-state index contributed by atoms with van der Waals surface area (Å²) in [5, 5.41) is 11.9. The first-order chi connectivity index (χ1) is 9.08. The van der Waals surface area contributed by atoms with Gasteiger partial charge in [-0.2, -0.15) is 0 Å². The number of carbonyl (C=O) groups is 2. The molecule has 1 fully saturated rings. The van der Waals surface area contributed by atoms with Crippen molar-refractivity contribution in [3.63, 3.8) is 0 Å². The molecule has 19 heavy (non-hydrogen) atoms. The van der Waals surface area contributed by atoms with Crippen molar-refractivity contribution in [3.05, 3.63) is 35.4 Å². The minimum atomic E-state index is -1.08. The maximum absolute atomic E-state index is 12.0. The van der Waals surface area contributed by atoms with Crippen molar-refractivity contribution in [2.75, 3.05) is 26.7 Å². The van der Waals surface area contributed by atoms with E-state index in [2.05, 4.69) is 17.3 Å². The Morgan fingerprint density at radius 2 is 2.05 bits per heavy atom. The van der Waals surface area contributed by atoms with Crippen LogP contribution in [0.5, 0.6) is 0 Å². The monoisotopic (exact) mass is 262 g/mol. The van der Waals surface area contributed by atoms with E-state index in [-0.39, 0.29) is 17.0 Å². The molecule has 1 atom stereocenters. The normalized spacial score (nSPS) is 19.3. The van der Waals surface area contributed by atoms with Gasteiger partial charge in [-0.1, -0.05) is 12.1 Å². The topological polar surface area (TPSA) is 69.6 Å². The second-order valence-corrected chi connectivity index (χ2v) is 4.98. The summed E-state index contributed by atoms with van der Waals surface area (Å²) < 4.78 is 0. The highest BCUT2D eigenvalue weighted by molar-refractivity contribution is 6.04. The van der Waals surface area contributed by atoms with Gasteiger partial charge in [0.25, 0.3) is 5.91 Å². The van der Waals surface area contributed by atoms with E-state index in [1.807, 2.05) is 0 Å². The van der Waals surface area contributed by atoms with Crippen molar-refractivity contribution >= 4 is 11.9 Å². The Morgan fingerprint density at radius 1 is 1.37 bits per heavy atom. The van der Waals surface area contributed by atoms with E-state index in [9.17, 15) is 9.59 Å². The number of benzene rings is 1. The van der Waals surface area contributed by atoms with Gasteiger partial charge in [0, 0.05) is 13.1 Å². The van der Waals surface area contributed by atoms with Crippen molar-refractivity contribution in [3.8, 4) is 0 Å². The SMILES string of the molecule is CN1CCC(CNC(=O)c2ccccc2C(=O)O)C1. The molecule has 1 aromatic carbocycles. The number of carboxylic acid groups (broad SMARTS) is 1. The molecule has 1 amide bonds. The quantitative estimate of drug-likeness (QED) is 0.851. The van der Waals surface area contributed by atoms with Crippen LogP contribution >= 0.6 is 0 Å². The lowest BCUT2D eigenvalue weighted by Crippen LogP contribution is -2.31. The smallest absolute Gasteiger partial charge is 0.336 e. The van der Waals surface area contributed by atoms with Crippen LogP contribution in [0, 0.1) is 5.92 Å². The average Bonchev–Trinajstić information content (AvgIpc) is 2.81. The van der Waals surface area contributed by atoms with Gasteiger partial charge in [0.1, 0.15) is 0 Å². The minimum Gasteiger partial charge on any atom is -0.478 e. The molecule has 102 valence electrons. The van der Waals surface area contributed by atoms with Crippen LogP contribution in [-0.2, 0) is 0 Å². The average molecular weight is 262 g/mol. The standard InChI is InChI=1S/C14H18N2O3/c1-16-7-6-10(9-16)8-15-13(17)11-4-2-3-5-12(11)14(18)19/h2-5,10H,6-9H2,1H3,(H,15,17)(H,18,19). The summed E-state index contributed by atoms with van der Waals surface area (Å²) in [7, 11) is 2.06. The molecule has 1 aromatic rings. The fraction of sp³-hybridized carbons (Fsp3) is 0.429.